The molecule has 1 aromatic heterocycles. The van der Waals surface area contributed by atoms with Crippen LogP contribution in [0.3, 0.4) is 0 Å². The molecule has 0 aliphatic carbocycles. The molecule has 4 N–H and O–H groups in total. The molecule has 196 valence electrons. The molecule has 0 aromatic carbocycles. The number of aromatic nitrogens is 1. The van der Waals surface area contributed by atoms with E-state index in [9.17, 15) is 33.5 Å². The lowest BCUT2D eigenvalue weighted by molar-refractivity contribution is -0.702. The molecular weight excluding hydrogens is 553 g/mol. The molecule has 4 unspecified atom stereocenters. The minimum absolute atomic E-state index is 0.00120. The van der Waals surface area contributed by atoms with E-state index in [1.165, 1.54) is 6.21 Å². The standard InChI is InChI=1S/C15H23N4O12P3S/c1-9-13(4-6-30-34(27,28)31-33(24,25)26)35-15(12(20)3-5-29-32(21,22)23)19(9)8-11-7-17-10(2)18-14(11)16/h3,7,11,16H,4-6,8H2,1-2H3,(H5-,20,21,22,23,24,25,26,27,28)/p-2/b12-3-,16-14?. The van der Waals surface area contributed by atoms with Crippen molar-refractivity contribution in [3.8, 4) is 0 Å². The number of hydrogen-bond acceptors (Lipinski definition) is 13. The summed E-state index contributed by atoms with van der Waals surface area (Å²) in [7, 11) is -16.0. The van der Waals surface area contributed by atoms with Crippen molar-refractivity contribution in [2.75, 3.05) is 13.2 Å². The van der Waals surface area contributed by atoms with Gasteiger partial charge >= 0.3 is 5.01 Å². The first kappa shape index (κ1) is 29.8. The van der Waals surface area contributed by atoms with E-state index < -0.39 is 48.4 Å². The number of phosphoric acid groups is 3. The number of phosphoric ester groups is 2. The van der Waals surface area contributed by atoms with Gasteiger partial charge in [0.2, 0.25) is 0 Å². The molecule has 0 saturated carbocycles. The van der Waals surface area contributed by atoms with Gasteiger partial charge < -0.3 is 38.6 Å². The van der Waals surface area contributed by atoms with Gasteiger partial charge in [-0.2, -0.15) is 4.57 Å². The summed E-state index contributed by atoms with van der Waals surface area (Å²) >= 11 is 0.956. The molecule has 0 fully saturated rings. The van der Waals surface area contributed by atoms with E-state index in [1.807, 2.05) is 0 Å². The zero-order valence-corrected chi connectivity index (χ0v) is 21.7. The van der Waals surface area contributed by atoms with Crippen LogP contribution in [0, 0.1) is 18.3 Å². The van der Waals surface area contributed by atoms with Crippen molar-refractivity contribution in [1.82, 2.24) is 0 Å². The van der Waals surface area contributed by atoms with Crippen LogP contribution >= 0.6 is 34.8 Å². The second-order valence-corrected chi connectivity index (χ2v) is 11.9. The maximum Gasteiger partial charge on any atom is 0.304 e. The van der Waals surface area contributed by atoms with Crippen LogP contribution in [0.1, 0.15) is 22.5 Å². The fraction of sp³-hybridized carbons (Fsp3) is 0.467. The van der Waals surface area contributed by atoms with Crippen molar-refractivity contribution in [2.45, 2.75) is 26.8 Å². The van der Waals surface area contributed by atoms with E-state index in [-0.39, 0.29) is 23.8 Å². The van der Waals surface area contributed by atoms with Gasteiger partial charge in [0, 0.05) is 19.6 Å². The maximum atomic E-state index is 11.5. The summed E-state index contributed by atoms with van der Waals surface area (Å²) < 4.78 is 46.5. The van der Waals surface area contributed by atoms with Gasteiger partial charge in [0.1, 0.15) is 17.6 Å². The van der Waals surface area contributed by atoms with Crippen LogP contribution in [0.25, 0.3) is 5.76 Å². The van der Waals surface area contributed by atoms with Crippen LogP contribution < -0.4 is 19.2 Å². The maximum absolute atomic E-state index is 11.5. The van der Waals surface area contributed by atoms with Gasteiger partial charge in [-0.25, -0.2) is 14.3 Å². The molecule has 0 amide bonds. The highest BCUT2D eigenvalue weighted by molar-refractivity contribution is 7.59. The van der Waals surface area contributed by atoms with Gasteiger partial charge in [-0.15, -0.1) is 0 Å². The third-order valence-electron chi connectivity index (χ3n) is 4.24. The molecule has 0 spiro atoms. The van der Waals surface area contributed by atoms with E-state index in [0.717, 1.165) is 17.4 Å². The zero-order chi connectivity index (χ0) is 26.6. The number of aliphatic imine (C=N–C) groups is 2. The second-order valence-electron chi connectivity index (χ2n) is 6.89. The SMILES string of the molecule is CC1=NC(=N)C(C[n+]2c(/C(O)=C/COP(=O)([O-])O)sc(CCOP(=O)([O-])OP(=O)([O-])O)c2C)C=N1. The molecule has 2 heterocycles. The molecule has 4 atom stereocenters. The predicted molar refractivity (Wildman–Crippen MR) is 117 cm³/mol. The lowest BCUT2D eigenvalue weighted by Gasteiger charge is -2.26. The Morgan fingerprint density at radius 2 is 1.89 bits per heavy atom. The number of aliphatic hydroxyl groups is 1. The summed E-state index contributed by atoms with van der Waals surface area (Å²) in [5.74, 6) is -0.643. The van der Waals surface area contributed by atoms with Gasteiger partial charge in [-0.05, 0) is 13.0 Å². The summed E-state index contributed by atoms with van der Waals surface area (Å²) in [5.41, 5.74) is 0.497. The van der Waals surface area contributed by atoms with Gasteiger partial charge in [0.15, 0.2) is 18.0 Å². The molecule has 0 bridgehead atoms. The Morgan fingerprint density at radius 1 is 1.23 bits per heavy atom. The van der Waals surface area contributed by atoms with E-state index in [0.29, 0.717) is 16.4 Å². The summed E-state index contributed by atoms with van der Waals surface area (Å²) in [6, 6.07) is 0. The molecule has 16 nitrogen and oxygen atoms in total. The number of amidine groups is 2. The minimum Gasteiger partial charge on any atom is -0.756 e. The number of aliphatic hydroxyl groups excluding tert-OH is 1. The fourth-order valence-electron chi connectivity index (χ4n) is 2.77. The van der Waals surface area contributed by atoms with Crippen LogP contribution in [0.5, 0.6) is 0 Å². The third kappa shape index (κ3) is 9.84. The smallest absolute Gasteiger partial charge is 0.304 e. The molecule has 20 heteroatoms. The van der Waals surface area contributed by atoms with E-state index in [4.69, 9.17) is 15.2 Å². The Bertz CT molecular complexity index is 1200. The van der Waals surface area contributed by atoms with Crippen molar-refractivity contribution >= 4 is 58.4 Å². The van der Waals surface area contributed by atoms with Crippen molar-refractivity contribution in [2.24, 2.45) is 15.9 Å². The van der Waals surface area contributed by atoms with Gasteiger partial charge in [0.05, 0.1) is 18.1 Å². The van der Waals surface area contributed by atoms with Crippen LogP contribution in [-0.4, -0.2) is 46.0 Å². The largest absolute Gasteiger partial charge is 0.756 e. The van der Waals surface area contributed by atoms with Crippen LogP contribution in [0.2, 0.25) is 0 Å². The molecular formula is C15H21N4O12P3S-2. The number of nitrogens with one attached hydrogen (secondary N) is 1. The molecule has 1 aliphatic rings. The van der Waals surface area contributed by atoms with Crippen LogP contribution in [0.4, 0.5) is 0 Å². The van der Waals surface area contributed by atoms with Crippen molar-refractivity contribution in [3.63, 3.8) is 0 Å². The monoisotopic (exact) mass is 574 g/mol. The van der Waals surface area contributed by atoms with E-state index in [1.54, 1.807) is 18.4 Å². The van der Waals surface area contributed by atoms with Crippen LogP contribution in [0.15, 0.2) is 16.1 Å². The normalized spacial score (nSPS) is 21.8. The second kappa shape index (κ2) is 11.7. The molecule has 1 aromatic rings. The summed E-state index contributed by atoms with van der Waals surface area (Å²) in [5, 5.41) is 18.7. The first-order valence-electron chi connectivity index (χ1n) is 9.46. The van der Waals surface area contributed by atoms with Crippen LogP contribution in [-0.2, 0) is 40.0 Å². The Balaban J connectivity index is 2.29. The topological polar surface area (TPSA) is 261 Å². The minimum atomic E-state index is -5.59. The summed E-state index contributed by atoms with van der Waals surface area (Å²) in [6.07, 6.45) is 2.36. The Labute approximate surface area is 202 Å². The zero-order valence-electron chi connectivity index (χ0n) is 18.2. The van der Waals surface area contributed by atoms with Crippen molar-refractivity contribution in [1.29, 1.82) is 5.41 Å². The van der Waals surface area contributed by atoms with E-state index >= 15 is 0 Å². The predicted octanol–water partition coefficient (Wildman–Crippen LogP) is -0.679. The number of thiazole rings is 1. The highest BCUT2D eigenvalue weighted by Crippen LogP contribution is 2.52. The third-order valence-corrected chi connectivity index (χ3v) is 8.21. The fourth-order valence-corrected chi connectivity index (χ4v) is 5.74. The van der Waals surface area contributed by atoms with Gasteiger partial charge in [0.25, 0.3) is 23.5 Å². The van der Waals surface area contributed by atoms with Crippen molar-refractivity contribution < 1.29 is 61.2 Å². The first-order chi connectivity index (χ1) is 16.0. The number of rotatable bonds is 12. The Morgan fingerprint density at radius 3 is 2.46 bits per heavy atom. The molecule has 0 radical (unpaired) electrons. The summed E-state index contributed by atoms with van der Waals surface area (Å²) in [4.78, 5) is 58.6. The molecule has 2 rings (SSSR count). The van der Waals surface area contributed by atoms with Gasteiger partial charge in [-0.3, -0.25) is 19.1 Å². The van der Waals surface area contributed by atoms with Gasteiger partial charge in [-0.1, -0.05) is 11.3 Å². The Hall–Kier alpha value is -1.45. The van der Waals surface area contributed by atoms with E-state index in [2.05, 4.69) is 23.3 Å². The Kier molecular flexibility index (Phi) is 9.98. The lowest BCUT2D eigenvalue weighted by atomic mass is 10.1. The number of hydrogen-bond donors (Lipinski definition) is 4. The lowest BCUT2D eigenvalue weighted by Crippen LogP contribution is -2.44. The molecule has 1 aliphatic heterocycles. The quantitative estimate of drug-likeness (QED) is 0.137. The number of nitrogens with zero attached hydrogens (tertiary/aromatic N) is 3. The first-order valence-corrected chi connectivity index (χ1v) is 14.7. The molecule has 0 saturated heterocycles. The molecule has 35 heavy (non-hydrogen) atoms. The average molecular weight is 574 g/mol. The summed E-state index contributed by atoms with van der Waals surface area (Å²) in [6.45, 7) is 2.03. The highest BCUT2D eigenvalue weighted by atomic mass is 32.1. The average Bonchev–Trinajstić information content (AvgIpc) is 2.97. The highest BCUT2D eigenvalue weighted by Gasteiger charge is 2.31. The van der Waals surface area contributed by atoms with Crippen molar-refractivity contribution in [3.05, 3.63) is 21.7 Å².